The highest BCUT2D eigenvalue weighted by atomic mass is 127. The van der Waals surface area contributed by atoms with E-state index in [1.165, 1.54) is 5.56 Å². The molecule has 0 amide bonds. The average molecular weight is 501 g/mol. The molecule has 0 unspecified atom stereocenters. The van der Waals surface area contributed by atoms with Crippen LogP contribution in [0.1, 0.15) is 25.3 Å². The Morgan fingerprint density at radius 3 is 2.67 bits per heavy atom. The van der Waals surface area contributed by atoms with Crippen LogP contribution in [0, 0.1) is 0 Å². The predicted molar refractivity (Wildman–Crippen MR) is 124 cm³/mol. The van der Waals surface area contributed by atoms with Crippen LogP contribution in [0.3, 0.4) is 0 Å². The van der Waals surface area contributed by atoms with Gasteiger partial charge >= 0.3 is 0 Å². The van der Waals surface area contributed by atoms with Crippen LogP contribution in [0.25, 0.3) is 0 Å². The summed E-state index contributed by atoms with van der Waals surface area (Å²) in [7, 11) is 0. The lowest BCUT2D eigenvalue weighted by atomic mass is 10.0. The van der Waals surface area contributed by atoms with Crippen LogP contribution in [0.4, 0.5) is 5.13 Å². The third kappa shape index (κ3) is 5.97. The number of nitrogens with zero attached hydrogens (tertiary/aromatic N) is 4. The summed E-state index contributed by atoms with van der Waals surface area (Å²) in [5.41, 5.74) is 7.38. The fourth-order valence-corrected chi connectivity index (χ4v) is 3.70. The van der Waals surface area contributed by atoms with E-state index in [-0.39, 0.29) is 24.0 Å². The van der Waals surface area contributed by atoms with Crippen molar-refractivity contribution in [3.8, 4) is 5.75 Å². The summed E-state index contributed by atoms with van der Waals surface area (Å²) >= 11 is 1.68. The molecule has 148 valence electrons. The van der Waals surface area contributed by atoms with Crippen molar-refractivity contribution in [3.63, 3.8) is 0 Å². The fourth-order valence-electron chi connectivity index (χ4n) is 3.00. The minimum atomic E-state index is 0. The van der Waals surface area contributed by atoms with Gasteiger partial charge in [0.1, 0.15) is 12.4 Å². The second-order valence-corrected chi connectivity index (χ2v) is 7.44. The number of halogens is 1. The van der Waals surface area contributed by atoms with Crippen molar-refractivity contribution in [2.45, 2.75) is 19.8 Å². The number of thiazole rings is 1. The lowest BCUT2D eigenvalue weighted by molar-refractivity contribution is 0.321. The SMILES string of the molecule is CC(C)c1ccccc1OCCN=C(N)N1CCN(c2nccs2)CC1.I. The van der Waals surface area contributed by atoms with E-state index in [4.69, 9.17) is 10.5 Å². The van der Waals surface area contributed by atoms with Gasteiger partial charge in [0.25, 0.3) is 0 Å². The summed E-state index contributed by atoms with van der Waals surface area (Å²) in [6.45, 7) is 9.00. The molecule has 1 aromatic heterocycles. The number of ether oxygens (including phenoxy) is 1. The van der Waals surface area contributed by atoms with Crippen LogP contribution in [0.15, 0.2) is 40.8 Å². The maximum Gasteiger partial charge on any atom is 0.191 e. The van der Waals surface area contributed by atoms with Gasteiger partial charge in [0.2, 0.25) is 0 Å². The predicted octanol–water partition coefficient (Wildman–Crippen LogP) is 3.40. The Hall–Kier alpha value is -1.55. The van der Waals surface area contributed by atoms with Crippen molar-refractivity contribution in [2.75, 3.05) is 44.2 Å². The van der Waals surface area contributed by atoms with Gasteiger partial charge in [-0.25, -0.2) is 9.98 Å². The van der Waals surface area contributed by atoms with Crippen LogP contribution in [0.5, 0.6) is 5.75 Å². The van der Waals surface area contributed by atoms with Crippen LogP contribution in [-0.2, 0) is 0 Å². The summed E-state index contributed by atoms with van der Waals surface area (Å²) in [5, 5.41) is 3.09. The largest absolute Gasteiger partial charge is 0.491 e. The maximum absolute atomic E-state index is 6.16. The first-order chi connectivity index (χ1) is 12.6. The molecule has 3 rings (SSSR count). The quantitative estimate of drug-likeness (QED) is 0.285. The molecule has 1 aliphatic rings. The highest BCUT2D eigenvalue weighted by molar-refractivity contribution is 14.0. The Morgan fingerprint density at radius 1 is 1.26 bits per heavy atom. The van der Waals surface area contributed by atoms with E-state index in [2.05, 4.69) is 39.7 Å². The van der Waals surface area contributed by atoms with Gasteiger partial charge in [0.05, 0.1) is 6.54 Å². The molecule has 0 aliphatic carbocycles. The van der Waals surface area contributed by atoms with Gasteiger partial charge in [-0.05, 0) is 17.5 Å². The van der Waals surface area contributed by atoms with Gasteiger partial charge in [0.15, 0.2) is 11.1 Å². The molecule has 1 aromatic carbocycles. The summed E-state index contributed by atoms with van der Waals surface area (Å²) in [5.74, 6) is 1.98. The molecule has 0 radical (unpaired) electrons. The Morgan fingerprint density at radius 2 is 2.00 bits per heavy atom. The van der Waals surface area contributed by atoms with Gasteiger partial charge in [-0.15, -0.1) is 35.3 Å². The highest BCUT2D eigenvalue weighted by Crippen LogP contribution is 2.25. The van der Waals surface area contributed by atoms with E-state index < -0.39 is 0 Å². The number of hydrogen-bond donors (Lipinski definition) is 1. The molecule has 0 bridgehead atoms. The van der Waals surface area contributed by atoms with E-state index in [9.17, 15) is 0 Å². The molecular weight excluding hydrogens is 473 g/mol. The minimum Gasteiger partial charge on any atom is -0.491 e. The van der Waals surface area contributed by atoms with Gasteiger partial charge < -0.3 is 20.3 Å². The van der Waals surface area contributed by atoms with Crippen molar-refractivity contribution in [3.05, 3.63) is 41.4 Å². The summed E-state index contributed by atoms with van der Waals surface area (Å²) in [4.78, 5) is 13.3. The van der Waals surface area contributed by atoms with Gasteiger partial charge in [-0.1, -0.05) is 32.0 Å². The standard InChI is InChI=1S/C19H27N5OS.HI/c1-15(2)16-5-3-4-6-17(16)25-13-7-21-18(20)23-9-11-24(12-10-23)19-22-8-14-26-19;/h3-6,8,14-15H,7,9-13H2,1-2H3,(H2,20,21);1H. The molecule has 6 nitrogen and oxygen atoms in total. The molecule has 8 heteroatoms. The first kappa shape index (κ1) is 21.7. The molecule has 2 aromatic rings. The number of aliphatic imine (C=N–C) groups is 1. The summed E-state index contributed by atoms with van der Waals surface area (Å²) in [6, 6.07) is 8.17. The lowest BCUT2D eigenvalue weighted by Gasteiger charge is -2.35. The number of hydrogen-bond acceptors (Lipinski definition) is 5. The number of anilines is 1. The number of benzene rings is 1. The molecule has 0 spiro atoms. The maximum atomic E-state index is 6.16. The van der Waals surface area contributed by atoms with E-state index in [1.807, 2.05) is 29.8 Å². The molecule has 1 fully saturated rings. The molecular formula is C19H28IN5OS. The zero-order valence-electron chi connectivity index (χ0n) is 15.9. The monoisotopic (exact) mass is 501 g/mol. The second-order valence-electron chi connectivity index (χ2n) is 6.57. The van der Waals surface area contributed by atoms with Crippen molar-refractivity contribution in [2.24, 2.45) is 10.7 Å². The van der Waals surface area contributed by atoms with Gasteiger partial charge in [-0.3, -0.25) is 0 Å². The van der Waals surface area contributed by atoms with Crippen molar-refractivity contribution < 1.29 is 4.74 Å². The first-order valence-corrected chi connectivity index (χ1v) is 9.94. The normalized spacial score (nSPS) is 15.0. The third-order valence-electron chi connectivity index (χ3n) is 4.46. The Bertz CT molecular complexity index is 715. The van der Waals surface area contributed by atoms with Crippen molar-refractivity contribution in [1.82, 2.24) is 9.88 Å². The highest BCUT2D eigenvalue weighted by Gasteiger charge is 2.19. The average Bonchev–Trinajstić information content (AvgIpc) is 3.20. The third-order valence-corrected chi connectivity index (χ3v) is 5.29. The van der Waals surface area contributed by atoms with Crippen LogP contribution >= 0.6 is 35.3 Å². The van der Waals surface area contributed by atoms with Crippen molar-refractivity contribution >= 4 is 46.4 Å². The molecule has 0 atom stereocenters. The molecule has 0 saturated carbocycles. The number of piperazine rings is 1. The molecule has 1 aliphatic heterocycles. The number of nitrogens with two attached hydrogens (primary N) is 1. The van der Waals surface area contributed by atoms with E-state index in [0.29, 0.717) is 25.0 Å². The van der Waals surface area contributed by atoms with Crippen molar-refractivity contribution in [1.29, 1.82) is 0 Å². The Labute approximate surface area is 182 Å². The number of aromatic nitrogens is 1. The van der Waals surface area contributed by atoms with E-state index in [0.717, 1.165) is 37.1 Å². The van der Waals surface area contributed by atoms with E-state index >= 15 is 0 Å². The van der Waals surface area contributed by atoms with E-state index in [1.54, 1.807) is 11.3 Å². The molecule has 1 saturated heterocycles. The Balaban J connectivity index is 0.00000261. The second kappa shape index (κ2) is 10.7. The molecule has 2 heterocycles. The number of rotatable bonds is 6. The van der Waals surface area contributed by atoms with Crippen LogP contribution in [0.2, 0.25) is 0 Å². The lowest BCUT2D eigenvalue weighted by Crippen LogP contribution is -2.51. The van der Waals surface area contributed by atoms with Gasteiger partial charge in [0, 0.05) is 37.8 Å². The summed E-state index contributed by atoms with van der Waals surface area (Å²) < 4.78 is 5.91. The fraction of sp³-hybridized carbons (Fsp3) is 0.474. The Kier molecular flexibility index (Phi) is 8.62. The summed E-state index contributed by atoms with van der Waals surface area (Å²) in [6.07, 6.45) is 1.85. The van der Waals surface area contributed by atoms with Gasteiger partial charge in [-0.2, -0.15) is 0 Å². The first-order valence-electron chi connectivity index (χ1n) is 9.06. The number of guanidine groups is 1. The zero-order valence-corrected chi connectivity index (χ0v) is 19.0. The molecule has 27 heavy (non-hydrogen) atoms. The molecule has 2 N–H and O–H groups in total. The minimum absolute atomic E-state index is 0. The number of para-hydroxylation sites is 1. The zero-order chi connectivity index (χ0) is 18.4. The van der Waals surface area contributed by atoms with Crippen LogP contribution in [-0.4, -0.2) is 55.2 Å². The van der Waals surface area contributed by atoms with Crippen LogP contribution < -0.4 is 15.4 Å². The smallest absolute Gasteiger partial charge is 0.191 e. The topological polar surface area (TPSA) is 67.0 Å².